The molecule has 0 aliphatic heterocycles. The monoisotopic (exact) mass is 474 g/mol. The second kappa shape index (κ2) is 10.7. The highest BCUT2D eigenvalue weighted by Gasteiger charge is 2.37. The molecule has 2 aliphatic rings. The highest BCUT2D eigenvalue weighted by molar-refractivity contribution is 6.32. The molecule has 5 nitrogen and oxygen atoms in total. The van der Waals surface area contributed by atoms with Gasteiger partial charge in [0, 0.05) is 48.8 Å². The van der Waals surface area contributed by atoms with Gasteiger partial charge in [-0.3, -0.25) is 4.98 Å². The topological polar surface area (TPSA) is 59.1 Å². The molecule has 2 N–H and O–H groups in total. The number of pyridine rings is 2. The highest BCUT2D eigenvalue weighted by Crippen LogP contribution is 2.45. The van der Waals surface area contributed by atoms with Crippen molar-refractivity contribution in [3.8, 4) is 11.1 Å². The molecule has 2 heterocycles. The summed E-state index contributed by atoms with van der Waals surface area (Å²) in [4.78, 5) is 8.71. The van der Waals surface area contributed by atoms with Crippen LogP contribution in [-0.2, 0) is 11.2 Å². The number of ether oxygens (including phenoxy) is 1. The zero-order valence-electron chi connectivity index (χ0n) is 20.0. The first kappa shape index (κ1) is 24.4. The maximum Gasteiger partial charge on any atom is 0.152 e. The van der Waals surface area contributed by atoms with Gasteiger partial charge in [-0.05, 0) is 75.3 Å². The molecular weight excluding hydrogens is 439 g/mol. The van der Waals surface area contributed by atoms with Gasteiger partial charge < -0.3 is 15.4 Å². The number of hydrogen-bond donors (Lipinski definition) is 2. The van der Waals surface area contributed by atoms with Crippen molar-refractivity contribution >= 4 is 17.3 Å². The van der Waals surface area contributed by atoms with Crippen molar-refractivity contribution in [1.82, 2.24) is 15.3 Å². The second-order valence-corrected chi connectivity index (χ2v) is 10.7. The number of methoxy groups -OCH3 is 1. The Hall–Kier alpha value is -1.76. The molecule has 2 aliphatic carbocycles. The Balaban J connectivity index is 1.39. The van der Waals surface area contributed by atoms with Gasteiger partial charge in [0.2, 0.25) is 0 Å². The summed E-state index contributed by atoms with van der Waals surface area (Å²) in [5, 5.41) is 7.49. The SMILES string of the molecule is COC[C@@H](C)NC1CCC(Cc2cc(-c3cnc(Cl)c(NCC4(C)CC4)c3)c(F)cn2)CC1. The molecule has 1 atom stereocenters. The van der Waals surface area contributed by atoms with Crippen LogP contribution in [0.4, 0.5) is 10.1 Å². The number of halogens is 2. The van der Waals surface area contributed by atoms with Gasteiger partial charge in [0.15, 0.2) is 5.15 Å². The van der Waals surface area contributed by atoms with Gasteiger partial charge in [0.05, 0.1) is 18.5 Å². The number of nitrogens with one attached hydrogen (secondary N) is 2. The zero-order valence-corrected chi connectivity index (χ0v) is 20.7. The summed E-state index contributed by atoms with van der Waals surface area (Å²) < 4.78 is 20.0. The molecular formula is C26H36ClFN4O. The quantitative estimate of drug-likeness (QED) is 0.421. The van der Waals surface area contributed by atoms with E-state index in [4.69, 9.17) is 16.3 Å². The predicted octanol–water partition coefficient (Wildman–Crippen LogP) is 5.87. The molecule has 0 saturated heterocycles. The molecule has 7 heteroatoms. The van der Waals surface area contributed by atoms with Crippen molar-refractivity contribution in [1.29, 1.82) is 0 Å². The number of aromatic nitrogens is 2. The van der Waals surface area contributed by atoms with Crippen molar-refractivity contribution in [3.05, 3.63) is 41.2 Å². The molecule has 2 aromatic heterocycles. The second-order valence-electron chi connectivity index (χ2n) is 10.3. The number of rotatable bonds is 10. The fraction of sp³-hybridized carbons (Fsp3) is 0.615. The van der Waals surface area contributed by atoms with Gasteiger partial charge in [0.1, 0.15) is 5.82 Å². The molecule has 0 unspecified atom stereocenters. The van der Waals surface area contributed by atoms with Gasteiger partial charge in [-0.15, -0.1) is 0 Å². The van der Waals surface area contributed by atoms with E-state index in [0.29, 0.717) is 34.1 Å². The smallest absolute Gasteiger partial charge is 0.152 e. The van der Waals surface area contributed by atoms with Crippen LogP contribution in [0, 0.1) is 17.2 Å². The minimum absolute atomic E-state index is 0.331. The lowest BCUT2D eigenvalue weighted by Crippen LogP contribution is -2.41. The van der Waals surface area contributed by atoms with Crippen LogP contribution in [0.25, 0.3) is 11.1 Å². The molecule has 0 bridgehead atoms. The summed E-state index contributed by atoms with van der Waals surface area (Å²) in [6, 6.07) is 4.71. The van der Waals surface area contributed by atoms with E-state index in [1.54, 1.807) is 13.3 Å². The van der Waals surface area contributed by atoms with Crippen LogP contribution in [-0.4, -0.2) is 42.3 Å². The summed E-state index contributed by atoms with van der Waals surface area (Å²) in [6.07, 6.45) is 10.9. The Morgan fingerprint density at radius 2 is 1.94 bits per heavy atom. The van der Waals surface area contributed by atoms with Crippen LogP contribution < -0.4 is 10.6 Å². The van der Waals surface area contributed by atoms with Crippen LogP contribution in [0.3, 0.4) is 0 Å². The van der Waals surface area contributed by atoms with Gasteiger partial charge in [-0.2, -0.15) is 0 Å². The maximum atomic E-state index is 14.7. The van der Waals surface area contributed by atoms with E-state index >= 15 is 0 Å². The van der Waals surface area contributed by atoms with E-state index < -0.39 is 0 Å². The van der Waals surface area contributed by atoms with Gasteiger partial charge in [-0.25, -0.2) is 9.37 Å². The first-order valence-corrected chi connectivity index (χ1v) is 12.5. The molecule has 0 spiro atoms. The van der Waals surface area contributed by atoms with Crippen molar-refractivity contribution in [2.75, 3.05) is 25.6 Å². The van der Waals surface area contributed by atoms with E-state index in [1.807, 2.05) is 12.1 Å². The van der Waals surface area contributed by atoms with E-state index in [0.717, 1.165) is 62.2 Å². The largest absolute Gasteiger partial charge is 0.383 e. The number of nitrogens with zero attached hydrogens (tertiary/aromatic N) is 2. The Labute approximate surface area is 201 Å². The van der Waals surface area contributed by atoms with Crippen molar-refractivity contribution < 1.29 is 9.13 Å². The molecule has 0 aromatic carbocycles. The Bertz CT molecular complexity index is 944. The van der Waals surface area contributed by atoms with Crippen molar-refractivity contribution in [2.24, 2.45) is 11.3 Å². The molecule has 2 saturated carbocycles. The van der Waals surface area contributed by atoms with Gasteiger partial charge >= 0.3 is 0 Å². The first-order valence-electron chi connectivity index (χ1n) is 12.1. The standard InChI is InChI=1S/C26H36ClFN4O/c1-17(15-33-3)32-20-6-4-18(5-7-20)10-21-12-22(23(28)14-29-21)19-11-24(25(27)30-13-19)31-16-26(2)8-9-26/h11-14,17-18,20,31-32H,4-10,15-16H2,1-3H3/t17-,18?,20?/m1/s1. The molecule has 0 amide bonds. The van der Waals surface area contributed by atoms with Crippen molar-refractivity contribution in [2.45, 2.75) is 70.9 Å². The first-order chi connectivity index (χ1) is 15.8. The summed E-state index contributed by atoms with van der Waals surface area (Å²) in [7, 11) is 1.74. The third-order valence-corrected chi connectivity index (χ3v) is 7.45. The average molecular weight is 475 g/mol. The fourth-order valence-electron chi connectivity index (χ4n) is 4.76. The Morgan fingerprint density at radius 1 is 1.18 bits per heavy atom. The molecule has 2 aromatic rings. The zero-order chi connectivity index (χ0) is 23.4. The normalized spacial score (nSPS) is 22.7. The summed E-state index contributed by atoms with van der Waals surface area (Å²) >= 11 is 6.30. The van der Waals surface area contributed by atoms with E-state index in [2.05, 4.69) is 34.4 Å². The van der Waals surface area contributed by atoms with Gasteiger partial charge in [0.25, 0.3) is 0 Å². The minimum Gasteiger partial charge on any atom is -0.383 e. The third-order valence-electron chi connectivity index (χ3n) is 7.15. The predicted molar refractivity (Wildman–Crippen MR) is 132 cm³/mol. The van der Waals surface area contributed by atoms with E-state index in [-0.39, 0.29) is 5.82 Å². The summed E-state index contributed by atoms with van der Waals surface area (Å²) in [5.41, 5.74) is 3.29. The third kappa shape index (κ3) is 6.65. The fourth-order valence-corrected chi connectivity index (χ4v) is 4.93. The lowest BCUT2D eigenvalue weighted by Gasteiger charge is -2.31. The minimum atomic E-state index is -0.331. The van der Waals surface area contributed by atoms with Crippen LogP contribution >= 0.6 is 11.6 Å². The summed E-state index contributed by atoms with van der Waals surface area (Å²) in [6.45, 7) is 6.00. The van der Waals surface area contributed by atoms with Crippen LogP contribution in [0.15, 0.2) is 24.5 Å². The maximum absolute atomic E-state index is 14.7. The summed E-state index contributed by atoms with van der Waals surface area (Å²) in [5.74, 6) is 0.245. The average Bonchev–Trinajstić information content (AvgIpc) is 3.53. The number of hydrogen-bond acceptors (Lipinski definition) is 5. The van der Waals surface area contributed by atoms with E-state index in [1.165, 1.54) is 19.0 Å². The highest BCUT2D eigenvalue weighted by atomic mass is 35.5. The molecule has 0 radical (unpaired) electrons. The number of anilines is 1. The molecule has 33 heavy (non-hydrogen) atoms. The Kier molecular flexibility index (Phi) is 7.87. The lowest BCUT2D eigenvalue weighted by atomic mass is 9.83. The van der Waals surface area contributed by atoms with Crippen LogP contribution in [0.2, 0.25) is 5.15 Å². The molecule has 180 valence electrons. The van der Waals surface area contributed by atoms with Crippen molar-refractivity contribution in [3.63, 3.8) is 0 Å². The van der Waals surface area contributed by atoms with E-state index in [9.17, 15) is 4.39 Å². The Morgan fingerprint density at radius 3 is 2.64 bits per heavy atom. The molecule has 2 fully saturated rings. The lowest BCUT2D eigenvalue weighted by molar-refractivity contribution is 0.158. The van der Waals surface area contributed by atoms with Crippen LogP contribution in [0.5, 0.6) is 0 Å². The molecule has 4 rings (SSSR count). The van der Waals surface area contributed by atoms with Crippen LogP contribution in [0.1, 0.15) is 58.1 Å². The van der Waals surface area contributed by atoms with Gasteiger partial charge in [-0.1, -0.05) is 18.5 Å².